The maximum absolute atomic E-state index is 12.5. The van der Waals surface area contributed by atoms with Crippen molar-refractivity contribution in [1.29, 1.82) is 0 Å². The number of rotatable bonds is 10. The third kappa shape index (κ3) is 7.80. The highest BCUT2D eigenvalue weighted by molar-refractivity contribution is 6.74. The molecule has 1 fully saturated rings. The van der Waals surface area contributed by atoms with Crippen LogP contribution in [0.25, 0.3) is 0 Å². The Bertz CT molecular complexity index is 651. The monoisotopic (exact) mass is 466 g/mol. The van der Waals surface area contributed by atoms with Gasteiger partial charge in [-0.3, -0.25) is 4.79 Å². The summed E-state index contributed by atoms with van der Waals surface area (Å²) in [6.07, 6.45) is 9.44. The summed E-state index contributed by atoms with van der Waals surface area (Å²) in [4.78, 5) is 12.5. The smallest absolute Gasteiger partial charge is 0.192 e. The van der Waals surface area contributed by atoms with Crippen molar-refractivity contribution in [1.82, 2.24) is 0 Å². The van der Waals surface area contributed by atoms with Crippen molar-refractivity contribution in [2.24, 2.45) is 5.92 Å². The average Bonchev–Trinajstić information content (AvgIpc) is 2.83. The molecule has 1 saturated carbocycles. The van der Waals surface area contributed by atoms with Gasteiger partial charge in [-0.15, -0.1) is 0 Å². The molecule has 5 heteroatoms. The molecule has 0 spiro atoms. The highest BCUT2D eigenvalue weighted by atomic mass is 28.4. The van der Waals surface area contributed by atoms with E-state index < -0.39 is 16.6 Å². The number of carbonyl (C=O) groups is 1. The third-order valence-electron chi connectivity index (χ3n) is 7.68. The Balaban J connectivity index is 3.08. The van der Waals surface area contributed by atoms with Gasteiger partial charge in [0.25, 0.3) is 0 Å². The number of hydrogen-bond acceptors (Lipinski definition) is 3. The molecule has 3 nitrogen and oxygen atoms in total. The molecule has 180 valence electrons. The normalized spacial score (nSPS) is 22.5. The van der Waals surface area contributed by atoms with Crippen molar-refractivity contribution in [3.05, 3.63) is 24.3 Å². The van der Waals surface area contributed by atoms with E-state index in [1.165, 1.54) is 12.8 Å². The predicted molar refractivity (Wildman–Crippen MR) is 140 cm³/mol. The van der Waals surface area contributed by atoms with Crippen LogP contribution in [-0.2, 0) is 13.6 Å². The molecule has 31 heavy (non-hydrogen) atoms. The van der Waals surface area contributed by atoms with Crippen LogP contribution >= 0.6 is 0 Å². The van der Waals surface area contributed by atoms with Crippen LogP contribution in [0.2, 0.25) is 36.3 Å². The van der Waals surface area contributed by atoms with Crippen LogP contribution in [0, 0.1) is 5.92 Å². The first-order chi connectivity index (χ1) is 13.9. The summed E-state index contributed by atoms with van der Waals surface area (Å²) in [6, 6.07) is 0. The zero-order valence-electron chi connectivity index (χ0n) is 22.4. The van der Waals surface area contributed by atoms with Crippen molar-refractivity contribution < 1.29 is 13.6 Å². The molecule has 0 aromatic carbocycles. The fraction of sp³-hybridized carbons (Fsp3) is 0.808. The molecule has 1 rings (SSSR count). The maximum Gasteiger partial charge on any atom is 0.192 e. The summed E-state index contributed by atoms with van der Waals surface area (Å²) in [5, 5.41) is 0.285. The molecule has 0 bridgehead atoms. The number of Topliss-reactive ketones (excluding diaryl/α,β-unsaturated/α-hetero) is 1. The topological polar surface area (TPSA) is 35.5 Å². The van der Waals surface area contributed by atoms with E-state index in [0.717, 1.165) is 12.8 Å². The fourth-order valence-electron chi connectivity index (χ4n) is 3.35. The second-order valence-corrected chi connectivity index (χ2v) is 21.9. The van der Waals surface area contributed by atoms with Crippen molar-refractivity contribution in [2.45, 2.75) is 129 Å². The van der Waals surface area contributed by atoms with E-state index in [0.29, 0.717) is 12.0 Å². The maximum atomic E-state index is 12.5. The molecule has 3 atom stereocenters. The molecule has 0 saturated heterocycles. The molecule has 1 aliphatic carbocycles. The first-order valence-corrected chi connectivity index (χ1v) is 18.0. The van der Waals surface area contributed by atoms with E-state index >= 15 is 0 Å². The van der Waals surface area contributed by atoms with Crippen molar-refractivity contribution in [3.63, 3.8) is 0 Å². The summed E-state index contributed by atoms with van der Waals surface area (Å²) < 4.78 is 13.4. The summed E-state index contributed by atoms with van der Waals surface area (Å²) in [5.74, 6) is 0.101. The molecule has 0 aromatic rings. The molecule has 0 aromatic heterocycles. The highest BCUT2D eigenvalue weighted by Gasteiger charge is 2.44. The first-order valence-electron chi connectivity index (χ1n) is 12.2. The van der Waals surface area contributed by atoms with Crippen LogP contribution in [-0.4, -0.2) is 34.6 Å². The Morgan fingerprint density at radius 2 is 1.58 bits per heavy atom. The van der Waals surface area contributed by atoms with Crippen molar-refractivity contribution in [2.75, 3.05) is 0 Å². The van der Waals surface area contributed by atoms with E-state index in [1.807, 2.05) is 0 Å². The van der Waals surface area contributed by atoms with Gasteiger partial charge in [0.1, 0.15) is 0 Å². The third-order valence-corrected chi connectivity index (χ3v) is 16.7. The van der Waals surface area contributed by atoms with E-state index in [2.05, 4.69) is 93.4 Å². The second-order valence-electron chi connectivity index (χ2n) is 12.4. The number of ketones is 1. The Labute approximate surface area is 195 Å². The number of hydrogen-bond donors (Lipinski definition) is 0. The van der Waals surface area contributed by atoms with Crippen molar-refractivity contribution in [3.8, 4) is 0 Å². The Hall–Kier alpha value is -0.496. The van der Waals surface area contributed by atoms with E-state index in [-0.39, 0.29) is 34.0 Å². The lowest BCUT2D eigenvalue weighted by molar-refractivity contribution is -0.115. The molecule has 0 amide bonds. The Kier molecular flexibility index (Phi) is 9.78. The van der Waals surface area contributed by atoms with Gasteiger partial charge >= 0.3 is 0 Å². The van der Waals surface area contributed by atoms with E-state index in [4.69, 9.17) is 8.85 Å². The zero-order chi connectivity index (χ0) is 24.3. The molecule has 0 unspecified atom stereocenters. The lowest BCUT2D eigenvalue weighted by Gasteiger charge is -2.40. The summed E-state index contributed by atoms with van der Waals surface area (Å²) in [6.45, 7) is 29.1. The van der Waals surface area contributed by atoms with Crippen LogP contribution in [0.1, 0.15) is 80.6 Å². The van der Waals surface area contributed by atoms with Gasteiger partial charge in [0.15, 0.2) is 22.4 Å². The molecule has 0 N–H and O–H groups in total. The van der Waals surface area contributed by atoms with E-state index in [1.54, 1.807) is 0 Å². The lowest BCUT2D eigenvalue weighted by Crippen LogP contribution is -2.45. The van der Waals surface area contributed by atoms with Crippen LogP contribution in [0.4, 0.5) is 0 Å². The van der Waals surface area contributed by atoms with Crippen molar-refractivity contribution >= 4 is 22.4 Å². The Morgan fingerprint density at radius 1 is 1.03 bits per heavy atom. The average molecular weight is 467 g/mol. The second kappa shape index (κ2) is 10.6. The predicted octanol–water partition coefficient (Wildman–Crippen LogP) is 8.05. The van der Waals surface area contributed by atoms with Crippen LogP contribution in [0.5, 0.6) is 0 Å². The molecular formula is C26H50O3Si2. The van der Waals surface area contributed by atoms with Crippen LogP contribution in [0.15, 0.2) is 24.3 Å². The SMILES string of the molecule is C=C1C(=O)C[C@@H](O[Si](C)(C)C(C)(C)C)[C@@H]1/C=C/[C@H](CCCCC)O[Si](C)(C)C(C)(C)C. The van der Waals surface area contributed by atoms with Crippen LogP contribution in [0.3, 0.4) is 0 Å². The van der Waals surface area contributed by atoms with Crippen LogP contribution < -0.4 is 0 Å². The van der Waals surface area contributed by atoms with E-state index in [9.17, 15) is 4.79 Å². The summed E-state index contributed by atoms with van der Waals surface area (Å²) in [7, 11) is -3.85. The minimum atomic E-state index is -1.97. The van der Waals surface area contributed by atoms with Gasteiger partial charge in [-0.05, 0) is 48.3 Å². The molecule has 1 aliphatic rings. The van der Waals surface area contributed by atoms with Gasteiger partial charge in [0, 0.05) is 12.3 Å². The summed E-state index contributed by atoms with van der Waals surface area (Å²) in [5.41, 5.74) is 0.694. The molecule has 0 radical (unpaired) electrons. The Morgan fingerprint density at radius 3 is 2.06 bits per heavy atom. The number of unbranched alkanes of at least 4 members (excludes halogenated alkanes) is 2. The minimum Gasteiger partial charge on any atom is -0.413 e. The highest BCUT2D eigenvalue weighted by Crippen LogP contribution is 2.42. The lowest BCUT2D eigenvalue weighted by atomic mass is 10.00. The largest absolute Gasteiger partial charge is 0.413 e. The standard InChI is InChI=1S/C26H50O3Si2/c1-13-14-15-16-21(28-30(9,10)25(3,4)5)17-18-22-20(2)23(27)19-24(22)29-31(11,12)26(6,7)8/h17-18,21-22,24H,2,13-16,19H2,1,3-12H3/b18-17+/t21-,22+,24+/m0/s1. The van der Waals surface area contributed by atoms with Gasteiger partial charge in [-0.2, -0.15) is 0 Å². The zero-order valence-corrected chi connectivity index (χ0v) is 24.4. The number of carbonyl (C=O) groups excluding carboxylic acids is 1. The molecule has 0 heterocycles. The minimum absolute atomic E-state index is 0.0432. The fourth-order valence-corrected chi connectivity index (χ4v) is 6.00. The van der Waals surface area contributed by atoms with Gasteiger partial charge in [-0.1, -0.05) is 86.5 Å². The molecular weight excluding hydrogens is 416 g/mol. The molecule has 0 aliphatic heterocycles. The van der Waals surface area contributed by atoms with Gasteiger partial charge in [0.2, 0.25) is 0 Å². The first kappa shape index (κ1) is 28.5. The van der Waals surface area contributed by atoms with Gasteiger partial charge in [-0.25, -0.2) is 0 Å². The quantitative estimate of drug-likeness (QED) is 0.141. The van der Waals surface area contributed by atoms with Gasteiger partial charge < -0.3 is 8.85 Å². The van der Waals surface area contributed by atoms with Gasteiger partial charge in [0.05, 0.1) is 12.2 Å². The summed E-state index contributed by atoms with van der Waals surface area (Å²) >= 11 is 0.